The van der Waals surface area contributed by atoms with Crippen LogP contribution in [0.15, 0.2) is 0 Å². The van der Waals surface area contributed by atoms with Crippen molar-refractivity contribution in [1.82, 2.24) is 5.32 Å². The van der Waals surface area contributed by atoms with Gasteiger partial charge in [0.05, 0.1) is 12.1 Å². The van der Waals surface area contributed by atoms with Crippen molar-refractivity contribution in [2.45, 2.75) is 57.9 Å². The molecule has 1 rings (SSSR count). The Bertz CT molecular complexity index is 255. The first-order valence-corrected chi connectivity index (χ1v) is 6.55. The predicted octanol–water partition coefficient (Wildman–Crippen LogP) is 1.17. The summed E-state index contributed by atoms with van der Waals surface area (Å²) in [6, 6.07) is 0. The van der Waals surface area contributed by atoms with Crippen molar-refractivity contribution in [1.29, 1.82) is 0 Å². The maximum absolute atomic E-state index is 11.8. The van der Waals surface area contributed by atoms with E-state index in [-0.39, 0.29) is 23.5 Å². The fourth-order valence-corrected chi connectivity index (χ4v) is 2.25. The van der Waals surface area contributed by atoms with E-state index in [0.717, 1.165) is 32.1 Å². The zero-order valence-electron chi connectivity index (χ0n) is 11.1. The Balaban J connectivity index is 2.30. The van der Waals surface area contributed by atoms with Crippen LogP contribution in [-0.4, -0.2) is 29.7 Å². The maximum Gasteiger partial charge on any atom is 0.220 e. The lowest BCUT2D eigenvalue weighted by atomic mass is 9.77. The molecule has 4 nitrogen and oxygen atoms in total. The van der Waals surface area contributed by atoms with Crippen molar-refractivity contribution in [2.75, 3.05) is 13.2 Å². The number of nitrogens with two attached hydrogens (primary N) is 1. The van der Waals surface area contributed by atoms with Crippen LogP contribution in [0.5, 0.6) is 0 Å². The van der Waals surface area contributed by atoms with Gasteiger partial charge < -0.3 is 16.2 Å². The Morgan fingerprint density at radius 2 is 2.06 bits per heavy atom. The topological polar surface area (TPSA) is 75.4 Å². The second-order valence-corrected chi connectivity index (χ2v) is 6.04. The normalized spacial score (nSPS) is 18.6. The van der Waals surface area contributed by atoms with Crippen molar-refractivity contribution in [2.24, 2.45) is 11.1 Å². The van der Waals surface area contributed by atoms with Crippen LogP contribution in [0.25, 0.3) is 0 Å². The lowest BCUT2D eigenvalue weighted by molar-refractivity contribution is -0.125. The first-order valence-electron chi connectivity index (χ1n) is 6.55. The third-order valence-electron chi connectivity index (χ3n) is 3.87. The highest BCUT2D eigenvalue weighted by molar-refractivity contribution is 5.77. The maximum atomic E-state index is 11.8. The van der Waals surface area contributed by atoms with Gasteiger partial charge in [0.1, 0.15) is 0 Å². The zero-order valence-corrected chi connectivity index (χ0v) is 11.1. The van der Waals surface area contributed by atoms with Gasteiger partial charge in [-0.15, -0.1) is 0 Å². The molecule has 0 heterocycles. The van der Waals surface area contributed by atoms with Crippen molar-refractivity contribution in [3.8, 4) is 0 Å². The molecule has 17 heavy (non-hydrogen) atoms. The number of aliphatic hydroxyl groups is 1. The van der Waals surface area contributed by atoms with Crippen LogP contribution in [-0.2, 0) is 4.79 Å². The number of hydrogen-bond donors (Lipinski definition) is 3. The minimum atomic E-state index is -0.310. The van der Waals surface area contributed by atoms with E-state index in [2.05, 4.69) is 19.2 Å². The van der Waals surface area contributed by atoms with E-state index >= 15 is 0 Å². The van der Waals surface area contributed by atoms with Crippen LogP contribution in [0, 0.1) is 5.41 Å². The summed E-state index contributed by atoms with van der Waals surface area (Å²) < 4.78 is 0. The van der Waals surface area contributed by atoms with Gasteiger partial charge in [0.2, 0.25) is 5.91 Å². The van der Waals surface area contributed by atoms with E-state index in [9.17, 15) is 9.90 Å². The summed E-state index contributed by atoms with van der Waals surface area (Å²) in [5.74, 6) is 0.0591. The first kappa shape index (κ1) is 14.5. The van der Waals surface area contributed by atoms with Gasteiger partial charge >= 0.3 is 0 Å². The fraction of sp³-hybridized carbons (Fsp3) is 0.923. The van der Waals surface area contributed by atoms with Gasteiger partial charge in [0.15, 0.2) is 0 Å². The summed E-state index contributed by atoms with van der Waals surface area (Å²) >= 11 is 0. The Morgan fingerprint density at radius 1 is 1.41 bits per heavy atom. The molecular weight excluding hydrogens is 216 g/mol. The number of rotatable bonds is 7. The number of carbonyl (C=O) groups excluding carboxylic acids is 1. The van der Waals surface area contributed by atoms with Crippen molar-refractivity contribution >= 4 is 5.91 Å². The zero-order chi connectivity index (χ0) is 12.9. The van der Waals surface area contributed by atoms with Crippen molar-refractivity contribution < 1.29 is 9.90 Å². The van der Waals surface area contributed by atoms with Gasteiger partial charge in [-0.05, 0) is 44.1 Å². The largest absolute Gasteiger partial charge is 0.394 e. The smallest absolute Gasteiger partial charge is 0.220 e. The molecule has 1 aliphatic carbocycles. The SMILES string of the molecule is CC(C)(CCN)CCC(=O)NC1(CO)CCC1. The standard InChI is InChI=1S/C13H26N2O2/c1-12(2,8-9-14)7-4-11(17)15-13(10-16)5-3-6-13/h16H,3-10,14H2,1-2H3,(H,15,17). The quantitative estimate of drug-likeness (QED) is 0.627. The molecule has 1 fully saturated rings. The molecule has 1 amide bonds. The highest BCUT2D eigenvalue weighted by Crippen LogP contribution is 2.32. The molecule has 0 aliphatic heterocycles. The van der Waals surface area contributed by atoms with Crippen molar-refractivity contribution in [3.05, 3.63) is 0 Å². The molecule has 0 saturated heterocycles. The Labute approximate surface area is 104 Å². The number of nitrogens with one attached hydrogen (secondary N) is 1. The van der Waals surface area contributed by atoms with Crippen LogP contribution in [0.4, 0.5) is 0 Å². The second-order valence-electron chi connectivity index (χ2n) is 6.04. The average Bonchev–Trinajstić information content (AvgIpc) is 2.21. The molecule has 0 spiro atoms. The lowest BCUT2D eigenvalue weighted by Gasteiger charge is -2.41. The Kier molecular flexibility index (Phi) is 4.95. The van der Waals surface area contributed by atoms with Crippen molar-refractivity contribution in [3.63, 3.8) is 0 Å². The monoisotopic (exact) mass is 242 g/mol. The summed E-state index contributed by atoms with van der Waals surface area (Å²) in [4.78, 5) is 11.8. The van der Waals surface area contributed by atoms with Crippen LogP contribution < -0.4 is 11.1 Å². The van der Waals surface area contributed by atoms with E-state index in [1.807, 2.05) is 0 Å². The van der Waals surface area contributed by atoms with Crippen LogP contribution in [0.3, 0.4) is 0 Å². The molecule has 0 radical (unpaired) electrons. The van der Waals surface area contributed by atoms with Gasteiger partial charge in [0.25, 0.3) is 0 Å². The van der Waals surface area contributed by atoms with Crippen LogP contribution >= 0.6 is 0 Å². The van der Waals surface area contributed by atoms with Gasteiger partial charge in [-0.25, -0.2) is 0 Å². The highest BCUT2D eigenvalue weighted by Gasteiger charge is 2.37. The summed E-state index contributed by atoms with van der Waals surface area (Å²) in [5.41, 5.74) is 5.35. The van der Waals surface area contributed by atoms with Gasteiger partial charge in [-0.3, -0.25) is 4.79 Å². The van der Waals surface area contributed by atoms with Gasteiger partial charge in [-0.2, -0.15) is 0 Å². The molecule has 0 aromatic heterocycles. The van der Waals surface area contributed by atoms with E-state index < -0.39 is 0 Å². The number of carbonyl (C=O) groups is 1. The second kappa shape index (κ2) is 5.83. The molecule has 0 aromatic rings. The molecule has 0 unspecified atom stereocenters. The third kappa shape index (κ3) is 4.28. The highest BCUT2D eigenvalue weighted by atomic mass is 16.3. The van der Waals surface area contributed by atoms with E-state index in [1.54, 1.807) is 0 Å². The molecule has 1 aliphatic rings. The first-order chi connectivity index (χ1) is 7.93. The summed E-state index contributed by atoms with van der Waals surface area (Å²) in [5, 5.41) is 12.2. The Morgan fingerprint density at radius 3 is 2.47 bits per heavy atom. The minimum absolute atomic E-state index is 0.0591. The fourth-order valence-electron chi connectivity index (χ4n) is 2.25. The van der Waals surface area contributed by atoms with Gasteiger partial charge in [-0.1, -0.05) is 13.8 Å². The number of amides is 1. The summed E-state index contributed by atoms with van der Waals surface area (Å²) in [6.45, 7) is 5.00. The molecule has 0 aromatic carbocycles. The lowest BCUT2D eigenvalue weighted by Crippen LogP contribution is -2.56. The molecule has 100 valence electrons. The van der Waals surface area contributed by atoms with Crippen LogP contribution in [0.1, 0.15) is 52.4 Å². The molecule has 1 saturated carbocycles. The third-order valence-corrected chi connectivity index (χ3v) is 3.87. The van der Waals surface area contributed by atoms with E-state index in [1.165, 1.54) is 0 Å². The average molecular weight is 242 g/mol. The predicted molar refractivity (Wildman–Crippen MR) is 68.5 cm³/mol. The minimum Gasteiger partial charge on any atom is -0.394 e. The number of hydrogen-bond acceptors (Lipinski definition) is 3. The molecule has 4 heteroatoms. The summed E-state index contributed by atoms with van der Waals surface area (Å²) in [6.07, 6.45) is 5.21. The number of aliphatic hydroxyl groups excluding tert-OH is 1. The van der Waals surface area contributed by atoms with Gasteiger partial charge in [0, 0.05) is 6.42 Å². The summed E-state index contributed by atoms with van der Waals surface area (Å²) in [7, 11) is 0. The van der Waals surface area contributed by atoms with E-state index in [0.29, 0.717) is 13.0 Å². The Hall–Kier alpha value is -0.610. The van der Waals surface area contributed by atoms with Crippen LogP contribution in [0.2, 0.25) is 0 Å². The molecular formula is C13H26N2O2. The molecule has 0 atom stereocenters. The molecule has 0 bridgehead atoms. The van der Waals surface area contributed by atoms with E-state index in [4.69, 9.17) is 5.73 Å². The molecule has 4 N–H and O–H groups in total.